The third-order valence-electron chi connectivity index (χ3n) is 6.71. The summed E-state index contributed by atoms with van der Waals surface area (Å²) in [5, 5.41) is 9.83. The van der Waals surface area contributed by atoms with E-state index < -0.39 is 0 Å². The van der Waals surface area contributed by atoms with Gasteiger partial charge in [-0.3, -0.25) is 4.98 Å². The Morgan fingerprint density at radius 1 is 0.703 bits per heavy atom. The number of anilines is 4. The molecule has 1 fully saturated rings. The van der Waals surface area contributed by atoms with Crippen LogP contribution in [-0.4, -0.2) is 54.2 Å². The number of fused-ring (bicyclic) bond motifs is 2. The first-order valence-electron chi connectivity index (χ1n) is 12.6. The van der Waals surface area contributed by atoms with E-state index in [-0.39, 0.29) is 0 Å². The molecule has 7 nitrogen and oxygen atoms in total. The molecule has 3 aromatic carbocycles. The molecule has 2 N–H and O–H groups in total. The minimum Gasteiger partial charge on any atom is -0.383 e. The lowest BCUT2D eigenvalue weighted by Gasteiger charge is -2.36. The van der Waals surface area contributed by atoms with Gasteiger partial charge in [0.2, 0.25) is 5.95 Å². The van der Waals surface area contributed by atoms with E-state index in [4.69, 9.17) is 21.6 Å². The first-order valence-corrected chi connectivity index (χ1v) is 13.0. The molecule has 0 atom stereocenters. The van der Waals surface area contributed by atoms with Gasteiger partial charge >= 0.3 is 0 Å². The maximum absolute atomic E-state index is 6.13. The molecule has 0 aliphatic carbocycles. The number of aromatic nitrogens is 3. The average molecular weight is 510 g/mol. The second-order valence-electron chi connectivity index (χ2n) is 9.07. The Morgan fingerprint density at radius 2 is 1.46 bits per heavy atom. The van der Waals surface area contributed by atoms with Crippen molar-refractivity contribution in [1.29, 1.82) is 0 Å². The van der Waals surface area contributed by atoms with Crippen molar-refractivity contribution < 1.29 is 0 Å². The van der Waals surface area contributed by atoms with Crippen LogP contribution in [0.1, 0.15) is 0 Å². The Balaban J connectivity index is 1.15. The normalized spacial score (nSPS) is 13.8. The fourth-order valence-corrected chi connectivity index (χ4v) is 4.96. The summed E-state index contributed by atoms with van der Waals surface area (Å²) >= 11 is 6.13. The summed E-state index contributed by atoms with van der Waals surface area (Å²) in [4.78, 5) is 19.0. The highest BCUT2D eigenvalue weighted by atomic mass is 35.5. The molecule has 2 aromatic heterocycles. The van der Waals surface area contributed by atoms with Crippen molar-refractivity contribution >= 4 is 56.5 Å². The molecule has 1 aliphatic rings. The van der Waals surface area contributed by atoms with Crippen LogP contribution < -0.4 is 20.4 Å². The molecular weight excluding hydrogens is 482 g/mol. The molecule has 186 valence electrons. The van der Waals surface area contributed by atoms with E-state index in [1.54, 1.807) is 6.20 Å². The number of piperazine rings is 1. The van der Waals surface area contributed by atoms with Gasteiger partial charge in [-0.2, -0.15) is 4.98 Å². The largest absolute Gasteiger partial charge is 0.383 e. The van der Waals surface area contributed by atoms with Gasteiger partial charge in [-0.05, 0) is 48.5 Å². The summed E-state index contributed by atoms with van der Waals surface area (Å²) in [6.45, 7) is 5.08. The van der Waals surface area contributed by atoms with Gasteiger partial charge in [-0.15, -0.1) is 0 Å². The third kappa shape index (κ3) is 5.08. The Kier molecular flexibility index (Phi) is 6.60. The lowest BCUT2D eigenvalue weighted by atomic mass is 10.2. The van der Waals surface area contributed by atoms with Gasteiger partial charge in [0.25, 0.3) is 0 Å². The molecule has 3 heterocycles. The predicted octanol–water partition coefficient (Wildman–Crippen LogP) is 5.68. The van der Waals surface area contributed by atoms with Crippen molar-refractivity contribution in [2.45, 2.75) is 0 Å². The number of pyridine rings is 1. The van der Waals surface area contributed by atoms with Crippen LogP contribution in [0, 0.1) is 0 Å². The molecule has 6 rings (SSSR count). The van der Waals surface area contributed by atoms with Crippen LogP contribution in [0.3, 0.4) is 0 Å². The van der Waals surface area contributed by atoms with Gasteiger partial charge in [0.05, 0.1) is 11.0 Å². The molecule has 1 saturated heterocycles. The van der Waals surface area contributed by atoms with Gasteiger partial charge in [-0.1, -0.05) is 41.9 Å². The zero-order valence-corrected chi connectivity index (χ0v) is 21.2. The number of hydrogen-bond acceptors (Lipinski definition) is 7. The lowest BCUT2D eigenvalue weighted by molar-refractivity contribution is 0.641. The zero-order valence-electron chi connectivity index (χ0n) is 20.4. The maximum atomic E-state index is 6.13. The number of nitrogens with zero attached hydrogens (tertiary/aromatic N) is 5. The van der Waals surface area contributed by atoms with Crippen LogP contribution in [-0.2, 0) is 0 Å². The highest BCUT2D eigenvalue weighted by molar-refractivity contribution is 6.31. The molecule has 0 saturated carbocycles. The summed E-state index contributed by atoms with van der Waals surface area (Å²) < 4.78 is 0. The number of nitrogens with one attached hydrogen (secondary N) is 2. The highest BCUT2D eigenvalue weighted by Gasteiger charge is 2.20. The van der Waals surface area contributed by atoms with Crippen molar-refractivity contribution in [1.82, 2.24) is 15.0 Å². The average Bonchev–Trinajstić information content (AvgIpc) is 2.95. The molecule has 1 aliphatic heterocycles. The van der Waals surface area contributed by atoms with E-state index in [0.29, 0.717) is 11.6 Å². The summed E-state index contributed by atoms with van der Waals surface area (Å²) in [5.74, 6) is 1.64. The highest BCUT2D eigenvalue weighted by Crippen LogP contribution is 2.26. The van der Waals surface area contributed by atoms with Crippen LogP contribution in [0.4, 0.5) is 23.1 Å². The number of rotatable bonds is 7. The second-order valence-corrected chi connectivity index (χ2v) is 9.51. The fraction of sp³-hybridized carbons (Fsp3) is 0.207. The fourth-order valence-electron chi connectivity index (χ4n) is 4.80. The molecule has 0 bridgehead atoms. The van der Waals surface area contributed by atoms with E-state index in [2.05, 4.69) is 67.9 Å². The standard InChI is InChI=1S/C29H28ClN7/c30-21-10-11-23-25(12-13-31-27(23)20-21)32-14-15-33-28-24-8-4-5-9-26(24)34-29(35-28)37-18-16-36(17-19-37)22-6-2-1-3-7-22/h1-13,20H,14-19H2,(H,31,32)(H,33,34,35). The smallest absolute Gasteiger partial charge is 0.228 e. The Bertz CT molecular complexity index is 1520. The molecule has 0 spiro atoms. The second kappa shape index (κ2) is 10.5. The topological polar surface area (TPSA) is 69.2 Å². The van der Waals surface area contributed by atoms with Gasteiger partial charge in [-0.25, -0.2) is 4.98 Å². The zero-order chi connectivity index (χ0) is 25.0. The number of halogens is 1. The summed E-state index contributed by atoms with van der Waals surface area (Å²) in [6, 6.07) is 26.5. The van der Waals surface area contributed by atoms with Gasteiger partial charge in [0.15, 0.2) is 0 Å². The SMILES string of the molecule is Clc1ccc2c(NCCNc3nc(N4CCN(c5ccccc5)CC4)nc4ccccc34)ccnc2c1. The minimum atomic E-state index is 0.687. The molecule has 37 heavy (non-hydrogen) atoms. The van der Waals surface area contributed by atoms with Crippen LogP contribution in [0.15, 0.2) is 85.1 Å². The van der Waals surface area contributed by atoms with Crippen molar-refractivity contribution in [2.75, 3.05) is 59.7 Å². The first-order chi connectivity index (χ1) is 18.2. The van der Waals surface area contributed by atoms with Crippen molar-refractivity contribution in [3.05, 3.63) is 90.1 Å². The molecule has 0 amide bonds. The van der Waals surface area contributed by atoms with E-state index in [0.717, 1.165) is 72.0 Å². The van der Waals surface area contributed by atoms with Crippen molar-refractivity contribution in [3.8, 4) is 0 Å². The Morgan fingerprint density at radius 3 is 2.32 bits per heavy atom. The summed E-state index contributed by atoms with van der Waals surface area (Å²) in [6.07, 6.45) is 1.80. The first kappa shape index (κ1) is 23.3. The molecule has 0 radical (unpaired) electrons. The minimum absolute atomic E-state index is 0.687. The number of para-hydroxylation sites is 2. The number of benzene rings is 3. The van der Waals surface area contributed by atoms with Crippen LogP contribution in [0.25, 0.3) is 21.8 Å². The van der Waals surface area contributed by atoms with Gasteiger partial charge in [0, 0.05) is 72.6 Å². The number of hydrogen-bond donors (Lipinski definition) is 2. The monoisotopic (exact) mass is 509 g/mol. The maximum Gasteiger partial charge on any atom is 0.228 e. The van der Waals surface area contributed by atoms with Gasteiger partial charge < -0.3 is 20.4 Å². The van der Waals surface area contributed by atoms with E-state index in [1.165, 1.54) is 5.69 Å². The molecule has 5 aromatic rings. The van der Waals surface area contributed by atoms with Crippen molar-refractivity contribution in [2.24, 2.45) is 0 Å². The predicted molar refractivity (Wildman–Crippen MR) is 154 cm³/mol. The van der Waals surface area contributed by atoms with E-state index >= 15 is 0 Å². The van der Waals surface area contributed by atoms with E-state index in [9.17, 15) is 0 Å². The van der Waals surface area contributed by atoms with E-state index in [1.807, 2.05) is 36.4 Å². The summed E-state index contributed by atoms with van der Waals surface area (Å²) in [5.41, 5.74) is 4.13. The molecule has 8 heteroatoms. The Hall–Kier alpha value is -4.10. The third-order valence-corrected chi connectivity index (χ3v) is 6.95. The Labute approximate surface area is 221 Å². The quantitative estimate of drug-likeness (QED) is 0.273. The van der Waals surface area contributed by atoms with Crippen molar-refractivity contribution in [3.63, 3.8) is 0 Å². The van der Waals surface area contributed by atoms with Gasteiger partial charge in [0.1, 0.15) is 5.82 Å². The molecular formula is C29H28ClN7. The van der Waals surface area contributed by atoms with Crippen LogP contribution >= 0.6 is 11.6 Å². The lowest BCUT2D eigenvalue weighted by Crippen LogP contribution is -2.47. The molecule has 0 unspecified atom stereocenters. The van der Waals surface area contributed by atoms with Crippen LogP contribution in [0.5, 0.6) is 0 Å². The van der Waals surface area contributed by atoms with Crippen LogP contribution in [0.2, 0.25) is 5.02 Å². The summed E-state index contributed by atoms with van der Waals surface area (Å²) in [7, 11) is 0.